The second-order valence-corrected chi connectivity index (χ2v) is 5.56. The number of nitriles is 1. The molecular weight excluding hydrogens is 350 g/mol. The van der Waals surface area contributed by atoms with Crippen molar-refractivity contribution in [1.82, 2.24) is 4.98 Å². The van der Waals surface area contributed by atoms with Crippen LogP contribution in [0.15, 0.2) is 42.5 Å². The van der Waals surface area contributed by atoms with Crippen molar-refractivity contribution in [2.45, 2.75) is 0 Å². The molecule has 0 aliphatic carbocycles. The van der Waals surface area contributed by atoms with Crippen molar-refractivity contribution in [1.29, 1.82) is 5.26 Å². The third-order valence-electron chi connectivity index (χ3n) is 3.94. The number of methoxy groups -OCH3 is 1. The van der Waals surface area contributed by atoms with Gasteiger partial charge in [-0.3, -0.25) is 0 Å². The molecule has 0 saturated carbocycles. The predicted octanol–water partition coefficient (Wildman–Crippen LogP) is 4.71. The molecule has 1 heterocycles. The summed E-state index contributed by atoms with van der Waals surface area (Å²) in [6, 6.07) is 11.5. The molecule has 0 saturated heterocycles. The molecule has 0 fully saturated rings. The standard InChI is InChI=1S/C20H12F2N4O/c1-25-16-5-3-12(8-14(16)21)20-19(13(10-23)9-18(24)26-20)11-4-6-17(27-2)15(22)7-11/h3-9H,2H3,(H2,24,26). The number of hydrogen-bond donors (Lipinski definition) is 1. The van der Waals surface area contributed by atoms with Gasteiger partial charge in [-0.25, -0.2) is 18.6 Å². The molecule has 0 atom stereocenters. The van der Waals surface area contributed by atoms with Crippen LogP contribution in [0.5, 0.6) is 5.75 Å². The fraction of sp³-hybridized carbons (Fsp3) is 0.0500. The van der Waals surface area contributed by atoms with Gasteiger partial charge in [0.05, 0.1) is 31.0 Å². The van der Waals surface area contributed by atoms with E-state index in [-0.39, 0.29) is 28.5 Å². The number of halogens is 2. The van der Waals surface area contributed by atoms with E-state index >= 15 is 0 Å². The Kier molecular flexibility index (Phi) is 4.69. The van der Waals surface area contributed by atoms with E-state index in [1.165, 1.54) is 37.4 Å². The molecule has 0 spiro atoms. The fourth-order valence-electron chi connectivity index (χ4n) is 2.72. The van der Waals surface area contributed by atoms with E-state index in [4.69, 9.17) is 17.0 Å². The molecule has 2 aromatic carbocycles. The highest BCUT2D eigenvalue weighted by Crippen LogP contribution is 2.37. The number of ether oxygens (including phenoxy) is 1. The zero-order valence-corrected chi connectivity index (χ0v) is 14.1. The highest BCUT2D eigenvalue weighted by atomic mass is 19.1. The number of nitrogen functional groups attached to an aromatic ring is 1. The van der Waals surface area contributed by atoms with Crippen LogP contribution in [0.25, 0.3) is 27.2 Å². The summed E-state index contributed by atoms with van der Waals surface area (Å²) in [4.78, 5) is 7.31. The molecule has 132 valence electrons. The van der Waals surface area contributed by atoms with Crippen LogP contribution < -0.4 is 10.5 Å². The van der Waals surface area contributed by atoms with Crippen LogP contribution in [-0.4, -0.2) is 12.1 Å². The highest BCUT2D eigenvalue weighted by molar-refractivity contribution is 5.86. The molecule has 0 aliphatic rings. The minimum absolute atomic E-state index is 0.0506. The van der Waals surface area contributed by atoms with Crippen LogP contribution in [0.3, 0.4) is 0 Å². The summed E-state index contributed by atoms with van der Waals surface area (Å²) >= 11 is 0. The molecule has 2 N–H and O–H groups in total. The Balaban J connectivity index is 2.31. The first-order chi connectivity index (χ1) is 13.0. The Morgan fingerprint density at radius 3 is 2.41 bits per heavy atom. The van der Waals surface area contributed by atoms with Crippen LogP contribution in [0, 0.1) is 29.5 Å². The predicted molar refractivity (Wildman–Crippen MR) is 97.0 cm³/mol. The van der Waals surface area contributed by atoms with Gasteiger partial charge in [-0.2, -0.15) is 5.26 Å². The van der Waals surface area contributed by atoms with Gasteiger partial charge in [0.1, 0.15) is 11.6 Å². The van der Waals surface area contributed by atoms with E-state index in [2.05, 4.69) is 9.83 Å². The SMILES string of the molecule is [C-]#[N+]c1ccc(-c2nc(N)cc(C#N)c2-c2ccc(OC)c(F)c2)cc1F. The molecule has 0 radical (unpaired) electrons. The lowest BCUT2D eigenvalue weighted by atomic mass is 9.94. The molecule has 0 aliphatic heterocycles. The number of nitrogens with zero attached hydrogens (tertiary/aromatic N) is 3. The molecule has 0 bridgehead atoms. The van der Waals surface area contributed by atoms with Crippen molar-refractivity contribution in [2.75, 3.05) is 12.8 Å². The monoisotopic (exact) mass is 362 g/mol. The van der Waals surface area contributed by atoms with Gasteiger partial charge < -0.3 is 10.5 Å². The van der Waals surface area contributed by atoms with E-state index in [0.717, 1.165) is 6.07 Å². The van der Waals surface area contributed by atoms with Gasteiger partial charge in [0, 0.05) is 11.1 Å². The number of benzene rings is 2. The first-order valence-electron chi connectivity index (χ1n) is 7.70. The molecule has 3 rings (SSSR count). The first-order valence-corrected chi connectivity index (χ1v) is 7.70. The average Bonchev–Trinajstić information content (AvgIpc) is 2.67. The van der Waals surface area contributed by atoms with E-state index in [9.17, 15) is 14.0 Å². The number of nitrogens with two attached hydrogens (primary N) is 1. The molecule has 0 unspecified atom stereocenters. The summed E-state index contributed by atoms with van der Waals surface area (Å²) in [7, 11) is 1.34. The lowest BCUT2D eigenvalue weighted by Gasteiger charge is -2.14. The Morgan fingerprint density at radius 1 is 1.11 bits per heavy atom. The summed E-state index contributed by atoms with van der Waals surface area (Å²) in [5.74, 6) is -1.23. The summed E-state index contributed by atoms with van der Waals surface area (Å²) < 4.78 is 33.2. The van der Waals surface area contributed by atoms with E-state index in [1.54, 1.807) is 6.07 Å². The second-order valence-electron chi connectivity index (χ2n) is 5.56. The van der Waals surface area contributed by atoms with Crippen LogP contribution in [-0.2, 0) is 0 Å². The second kappa shape index (κ2) is 7.11. The number of aromatic nitrogens is 1. The maximum Gasteiger partial charge on any atom is 0.222 e. The fourth-order valence-corrected chi connectivity index (χ4v) is 2.72. The van der Waals surface area contributed by atoms with E-state index in [1.807, 2.05) is 6.07 Å². The van der Waals surface area contributed by atoms with Gasteiger partial charge in [0.2, 0.25) is 5.69 Å². The summed E-state index contributed by atoms with van der Waals surface area (Å²) in [5, 5.41) is 9.52. The summed E-state index contributed by atoms with van der Waals surface area (Å²) in [6.45, 7) is 6.95. The normalized spacial score (nSPS) is 10.1. The maximum atomic E-state index is 14.2. The van der Waals surface area contributed by atoms with E-state index in [0.29, 0.717) is 16.7 Å². The lowest BCUT2D eigenvalue weighted by Crippen LogP contribution is -2.00. The van der Waals surface area contributed by atoms with Crippen LogP contribution in [0.4, 0.5) is 20.3 Å². The number of anilines is 1. The van der Waals surface area contributed by atoms with Crippen LogP contribution in [0.2, 0.25) is 0 Å². The van der Waals surface area contributed by atoms with Crippen molar-refractivity contribution in [2.24, 2.45) is 0 Å². The summed E-state index contributed by atoms with van der Waals surface area (Å²) in [6.07, 6.45) is 0. The quantitative estimate of drug-likeness (QED) is 0.685. The molecule has 7 heteroatoms. The van der Waals surface area contributed by atoms with Gasteiger partial charge >= 0.3 is 0 Å². The van der Waals surface area contributed by atoms with Crippen molar-refractivity contribution in [3.63, 3.8) is 0 Å². The van der Waals surface area contributed by atoms with Crippen molar-refractivity contribution in [3.8, 4) is 34.2 Å². The van der Waals surface area contributed by atoms with Gasteiger partial charge in [0.25, 0.3) is 0 Å². The van der Waals surface area contributed by atoms with Gasteiger partial charge in [-0.1, -0.05) is 18.2 Å². The van der Waals surface area contributed by atoms with Crippen molar-refractivity contribution < 1.29 is 13.5 Å². The Hall–Kier alpha value is -3.97. The zero-order chi connectivity index (χ0) is 19.6. The smallest absolute Gasteiger partial charge is 0.222 e. The number of pyridine rings is 1. The Labute approximate surface area is 154 Å². The number of rotatable bonds is 3. The lowest BCUT2D eigenvalue weighted by molar-refractivity contribution is 0.386. The molecule has 5 nitrogen and oxygen atoms in total. The Morgan fingerprint density at radius 2 is 1.81 bits per heavy atom. The van der Waals surface area contributed by atoms with Crippen molar-refractivity contribution in [3.05, 3.63) is 71.1 Å². The minimum Gasteiger partial charge on any atom is -0.494 e. The molecule has 0 amide bonds. The first kappa shape index (κ1) is 17.8. The zero-order valence-electron chi connectivity index (χ0n) is 14.1. The largest absolute Gasteiger partial charge is 0.494 e. The van der Waals surface area contributed by atoms with E-state index < -0.39 is 11.6 Å². The van der Waals surface area contributed by atoms with Gasteiger partial charge in [0.15, 0.2) is 11.6 Å². The van der Waals surface area contributed by atoms with Crippen LogP contribution >= 0.6 is 0 Å². The van der Waals surface area contributed by atoms with Crippen molar-refractivity contribution >= 4 is 11.5 Å². The number of hydrogen-bond acceptors (Lipinski definition) is 4. The minimum atomic E-state index is -0.725. The molecule has 1 aromatic heterocycles. The topological polar surface area (TPSA) is 76.3 Å². The average molecular weight is 362 g/mol. The Bertz CT molecular complexity index is 1130. The third-order valence-corrected chi connectivity index (χ3v) is 3.94. The highest BCUT2D eigenvalue weighted by Gasteiger charge is 2.18. The van der Waals surface area contributed by atoms with Crippen LogP contribution in [0.1, 0.15) is 5.56 Å². The molecule has 3 aromatic rings. The van der Waals surface area contributed by atoms with Gasteiger partial charge in [-0.15, -0.1) is 0 Å². The molecule has 27 heavy (non-hydrogen) atoms. The van der Waals surface area contributed by atoms with Gasteiger partial charge in [-0.05, 0) is 29.8 Å². The summed E-state index contributed by atoms with van der Waals surface area (Å²) in [5.41, 5.74) is 7.02. The third kappa shape index (κ3) is 3.26. The molecular formula is C20H12F2N4O. The maximum absolute atomic E-state index is 14.2.